The van der Waals surface area contributed by atoms with E-state index in [9.17, 15) is 15.0 Å². The number of benzene rings is 5. The van der Waals surface area contributed by atoms with Crippen molar-refractivity contribution < 1.29 is 33.6 Å². The molecular weight excluding hydrogens is 596 g/mol. The maximum atomic E-state index is 13.8. The van der Waals surface area contributed by atoms with Crippen LogP contribution in [-0.2, 0) is 19.8 Å². The van der Waals surface area contributed by atoms with Crippen molar-refractivity contribution in [3.63, 3.8) is 0 Å². The lowest BCUT2D eigenvalue weighted by Crippen LogP contribution is -2.12. The van der Waals surface area contributed by atoms with Crippen molar-refractivity contribution in [2.24, 2.45) is 0 Å². The zero-order chi connectivity index (χ0) is 32.4. The van der Waals surface area contributed by atoms with E-state index in [4.69, 9.17) is 23.4 Å². The van der Waals surface area contributed by atoms with Crippen molar-refractivity contribution in [3.8, 4) is 40.1 Å². The topological polar surface area (TPSA) is 108 Å². The molecule has 47 heavy (non-hydrogen) atoms. The van der Waals surface area contributed by atoms with Crippen molar-refractivity contribution >= 4 is 11.0 Å². The predicted molar refractivity (Wildman–Crippen MR) is 179 cm³/mol. The van der Waals surface area contributed by atoms with Crippen molar-refractivity contribution in [1.29, 1.82) is 0 Å². The van der Waals surface area contributed by atoms with E-state index in [0.717, 1.165) is 16.7 Å². The monoisotopic (exact) mass is 630 g/mol. The Labute approximate surface area is 272 Å². The lowest BCUT2D eigenvalue weighted by Gasteiger charge is -2.16. The van der Waals surface area contributed by atoms with Gasteiger partial charge in [-0.15, -0.1) is 0 Å². The number of hydrogen-bond donors (Lipinski definition) is 2. The zero-order valence-electron chi connectivity index (χ0n) is 25.6. The number of phenols is 1. The number of ether oxygens (including phenoxy) is 4. The van der Waals surface area contributed by atoms with Crippen molar-refractivity contribution in [2.45, 2.75) is 26.2 Å². The summed E-state index contributed by atoms with van der Waals surface area (Å²) in [4.78, 5) is 13.8. The van der Waals surface area contributed by atoms with Crippen LogP contribution in [0, 0.1) is 0 Å². The number of phenolic OH excluding ortho intramolecular Hbond substituents is 1. The number of hydrogen-bond acceptors (Lipinski definition) is 8. The second kappa shape index (κ2) is 15.0. The quantitative estimate of drug-likeness (QED) is 0.118. The minimum absolute atomic E-state index is 0.0387. The molecule has 0 atom stereocenters. The third-order valence-electron chi connectivity index (χ3n) is 7.38. The molecule has 0 spiro atoms. The highest BCUT2D eigenvalue weighted by Gasteiger charge is 2.22. The van der Waals surface area contributed by atoms with Crippen molar-refractivity contribution in [1.82, 2.24) is 0 Å². The third-order valence-corrected chi connectivity index (χ3v) is 7.38. The molecule has 238 valence electrons. The van der Waals surface area contributed by atoms with Crippen LogP contribution in [0.2, 0.25) is 0 Å². The molecule has 0 radical (unpaired) electrons. The molecule has 0 unspecified atom stereocenters. The van der Waals surface area contributed by atoms with Crippen molar-refractivity contribution in [3.05, 3.63) is 148 Å². The van der Waals surface area contributed by atoms with E-state index in [-0.39, 0.29) is 54.7 Å². The van der Waals surface area contributed by atoms with Gasteiger partial charge in [0.25, 0.3) is 0 Å². The van der Waals surface area contributed by atoms with Crippen molar-refractivity contribution in [2.75, 3.05) is 13.2 Å². The molecule has 0 bridgehead atoms. The van der Waals surface area contributed by atoms with Gasteiger partial charge in [-0.05, 0) is 34.9 Å². The standard InChI is InChI=1S/C39H34O8/c40-19-10-20-43-39-37(42)36-32(41)22-31(44-24-27-11-4-1-5-12-27)23-35(36)47-38(39)30-17-18-33(45-25-28-13-6-2-7-14-28)34(21-30)46-26-29-15-8-3-9-16-29/h1-9,11-18,21-23,40-41H,10,19-20,24-26H2. The maximum Gasteiger partial charge on any atom is 0.239 e. The number of aromatic hydroxyl groups is 1. The Balaban J connectivity index is 1.40. The molecule has 0 saturated heterocycles. The van der Waals surface area contributed by atoms with Crippen LogP contribution in [0.3, 0.4) is 0 Å². The van der Waals surface area contributed by atoms with Gasteiger partial charge < -0.3 is 33.6 Å². The van der Waals surface area contributed by atoms with E-state index in [2.05, 4.69) is 0 Å². The van der Waals surface area contributed by atoms with Gasteiger partial charge in [-0.2, -0.15) is 0 Å². The summed E-state index contributed by atoms with van der Waals surface area (Å²) in [6, 6.07) is 37.4. The Bertz CT molecular complexity index is 1970. The minimum atomic E-state index is -0.553. The highest BCUT2D eigenvalue weighted by atomic mass is 16.5. The van der Waals surface area contributed by atoms with Gasteiger partial charge in [-0.3, -0.25) is 4.79 Å². The Kier molecular flexibility index (Phi) is 10.00. The van der Waals surface area contributed by atoms with Crippen LogP contribution in [0.4, 0.5) is 0 Å². The molecule has 0 amide bonds. The first-order chi connectivity index (χ1) is 23.1. The fourth-order valence-electron chi connectivity index (χ4n) is 4.99. The van der Waals surface area contributed by atoms with Gasteiger partial charge in [-0.25, -0.2) is 0 Å². The molecule has 8 heteroatoms. The summed E-state index contributed by atoms with van der Waals surface area (Å²) in [6.45, 7) is 0.815. The summed E-state index contributed by atoms with van der Waals surface area (Å²) in [5.74, 6) is 1.03. The van der Waals surface area contributed by atoms with E-state index < -0.39 is 5.43 Å². The zero-order valence-corrected chi connectivity index (χ0v) is 25.6. The molecule has 1 aromatic heterocycles. The van der Waals surface area contributed by atoms with E-state index in [0.29, 0.717) is 35.8 Å². The number of fused-ring (bicyclic) bond motifs is 1. The lowest BCUT2D eigenvalue weighted by atomic mass is 10.1. The number of rotatable bonds is 14. The van der Waals surface area contributed by atoms with Gasteiger partial charge in [0.15, 0.2) is 17.3 Å². The SMILES string of the molecule is O=c1c(OCCCO)c(-c2ccc(OCc3ccccc3)c(OCc3ccccc3)c2)oc2cc(OCc3ccccc3)cc(O)c12. The summed E-state index contributed by atoms with van der Waals surface area (Å²) >= 11 is 0. The normalized spacial score (nSPS) is 10.9. The molecule has 6 rings (SSSR count). The number of aliphatic hydroxyl groups is 1. The minimum Gasteiger partial charge on any atom is -0.507 e. The van der Waals surface area contributed by atoms with Gasteiger partial charge in [0, 0.05) is 30.7 Å². The van der Waals surface area contributed by atoms with E-state index in [1.54, 1.807) is 24.3 Å². The molecule has 0 saturated carbocycles. The number of aliphatic hydroxyl groups excluding tert-OH is 1. The van der Waals surface area contributed by atoms with Crippen LogP contribution in [0.5, 0.6) is 28.7 Å². The summed E-state index contributed by atoms with van der Waals surface area (Å²) in [5.41, 5.74) is 2.97. The smallest absolute Gasteiger partial charge is 0.239 e. The second-order valence-corrected chi connectivity index (χ2v) is 10.8. The Hall–Kier alpha value is -5.73. The molecule has 6 aromatic rings. The largest absolute Gasteiger partial charge is 0.507 e. The second-order valence-electron chi connectivity index (χ2n) is 10.8. The highest BCUT2D eigenvalue weighted by Crippen LogP contribution is 2.40. The van der Waals surface area contributed by atoms with Gasteiger partial charge in [0.1, 0.15) is 42.3 Å². The summed E-state index contributed by atoms with van der Waals surface area (Å²) in [6.07, 6.45) is 0.298. The van der Waals surface area contributed by atoms with E-state index >= 15 is 0 Å². The van der Waals surface area contributed by atoms with Crippen LogP contribution in [0.1, 0.15) is 23.1 Å². The van der Waals surface area contributed by atoms with Gasteiger partial charge in [0.2, 0.25) is 11.2 Å². The van der Waals surface area contributed by atoms with Gasteiger partial charge in [-0.1, -0.05) is 91.0 Å². The van der Waals surface area contributed by atoms with E-state index in [1.807, 2.05) is 91.0 Å². The molecule has 1 heterocycles. The van der Waals surface area contributed by atoms with Gasteiger partial charge >= 0.3 is 0 Å². The summed E-state index contributed by atoms with van der Waals surface area (Å²) < 4.78 is 30.6. The van der Waals surface area contributed by atoms with Crippen LogP contribution >= 0.6 is 0 Å². The molecule has 0 aliphatic heterocycles. The molecular formula is C39H34O8. The predicted octanol–water partition coefficient (Wildman–Crippen LogP) is 7.66. The van der Waals surface area contributed by atoms with E-state index in [1.165, 1.54) is 6.07 Å². The average Bonchev–Trinajstić information content (AvgIpc) is 3.11. The third kappa shape index (κ3) is 7.74. The Morgan fingerprint density at radius 1 is 0.617 bits per heavy atom. The Morgan fingerprint density at radius 2 is 1.19 bits per heavy atom. The maximum absolute atomic E-state index is 13.8. The molecule has 2 N–H and O–H groups in total. The van der Waals surface area contributed by atoms with Gasteiger partial charge in [0.05, 0.1) is 6.61 Å². The molecule has 8 nitrogen and oxygen atoms in total. The highest BCUT2D eigenvalue weighted by molar-refractivity contribution is 5.88. The van der Waals surface area contributed by atoms with Crippen LogP contribution in [0.15, 0.2) is 131 Å². The first kappa shape index (κ1) is 31.3. The molecule has 0 fully saturated rings. The lowest BCUT2D eigenvalue weighted by molar-refractivity contribution is 0.231. The summed E-state index contributed by atoms with van der Waals surface area (Å²) in [7, 11) is 0. The molecule has 5 aromatic carbocycles. The average molecular weight is 631 g/mol. The first-order valence-electron chi connectivity index (χ1n) is 15.3. The van der Waals surface area contributed by atoms with Crippen LogP contribution in [-0.4, -0.2) is 23.4 Å². The molecule has 0 aliphatic carbocycles. The van der Waals surface area contributed by atoms with Crippen LogP contribution < -0.4 is 24.4 Å². The fourth-order valence-corrected chi connectivity index (χ4v) is 4.99. The molecule has 0 aliphatic rings. The first-order valence-corrected chi connectivity index (χ1v) is 15.3. The summed E-state index contributed by atoms with van der Waals surface area (Å²) in [5, 5.41) is 20.3. The van der Waals surface area contributed by atoms with Crippen LogP contribution in [0.25, 0.3) is 22.3 Å². The Morgan fingerprint density at radius 3 is 1.79 bits per heavy atom. The fraction of sp³-hybridized carbons (Fsp3) is 0.154.